The van der Waals surface area contributed by atoms with Gasteiger partial charge in [-0.25, -0.2) is 4.98 Å². The van der Waals surface area contributed by atoms with Crippen molar-refractivity contribution >= 4 is 16.8 Å². The van der Waals surface area contributed by atoms with Crippen LogP contribution in [0.1, 0.15) is 41.8 Å². The third kappa shape index (κ3) is 4.66. The minimum absolute atomic E-state index is 0.0202. The molecule has 1 atom stereocenters. The molecule has 0 saturated carbocycles. The van der Waals surface area contributed by atoms with E-state index in [0.717, 1.165) is 52.5 Å². The van der Waals surface area contributed by atoms with Gasteiger partial charge in [0.25, 0.3) is 5.91 Å². The molecule has 3 aromatic carbocycles. The summed E-state index contributed by atoms with van der Waals surface area (Å²) in [4.78, 5) is 18.4. The molecule has 0 saturated heterocycles. The fraction of sp³-hybridized carbons (Fsp3) is 0.214. The van der Waals surface area contributed by atoms with Gasteiger partial charge in [0.05, 0.1) is 16.8 Å². The second kappa shape index (κ2) is 9.57. The third-order valence-corrected chi connectivity index (χ3v) is 5.71. The summed E-state index contributed by atoms with van der Waals surface area (Å²) in [6.07, 6.45) is 2.57. The largest absolute Gasteiger partial charge is 0.350 e. The summed E-state index contributed by atoms with van der Waals surface area (Å²) in [5, 5.41) is 4.15. The molecule has 4 rings (SSSR count). The highest BCUT2D eigenvalue weighted by Crippen LogP contribution is 2.30. The van der Waals surface area contributed by atoms with Crippen molar-refractivity contribution in [3.8, 4) is 11.3 Å². The normalized spacial score (nSPS) is 11.9. The molecule has 156 valence electrons. The summed E-state index contributed by atoms with van der Waals surface area (Å²) in [7, 11) is 0. The predicted molar refractivity (Wildman–Crippen MR) is 128 cm³/mol. The molecule has 0 spiro atoms. The number of nitrogens with zero attached hydrogens (tertiary/aromatic N) is 1. The van der Waals surface area contributed by atoms with Crippen LogP contribution >= 0.6 is 0 Å². The third-order valence-electron chi connectivity index (χ3n) is 5.71. The van der Waals surface area contributed by atoms with Crippen LogP contribution in [-0.4, -0.2) is 16.9 Å². The smallest absolute Gasteiger partial charge is 0.252 e. The number of carbonyl (C=O) groups excluding carboxylic acids is 1. The van der Waals surface area contributed by atoms with Crippen LogP contribution in [0.2, 0.25) is 0 Å². The number of rotatable bonds is 7. The maximum Gasteiger partial charge on any atom is 0.252 e. The van der Waals surface area contributed by atoms with Crippen LogP contribution in [0.25, 0.3) is 22.2 Å². The van der Waals surface area contributed by atoms with E-state index in [2.05, 4.69) is 55.6 Å². The fourth-order valence-electron chi connectivity index (χ4n) is 4.09. The van der Waals surface area contributed by atoms with E-state index < -0.39 is 0 Å². The molecule has 0 bridgehead atoms. The van der Waals surface area contributed by atoms with Crippen molar-refractivity contribution in [2.45, 2.75) is 39.2 Å². The summed E-state index contributed by atoms with van der Waals surface area (Å²) < 4.78 is 0. The molecule has 0 radical (unpaired) electrons. The van der Waals surface area contributed by atoms with Gasteiger partial charge in [0.15, 0.2) is 0 Å². The first-order chi connectivity index (χ1) is 15.2. The first-order valence-corrected chi connectivity index (χ1v) is 11.0. The maximum atomic E-state index is 13.5. The van der Waals surface area contributed by atoms with Crippen LogP contribution in [0.5, 0.6) is 0 Å². The van der Waals surface area contributed by atoms with E-state index in [-0.39, 0.29) is 11.9 Å². The quantitative estimate of drug-likeness (QED) is 0.395. The number of aryl methyl sites for hydroxylation is 1. The van der Waals surface area contributed by atoms with Crippen molar-refractivity contribution in [2.24, 2.45) is 0 Å². The molecule has 1 amide bonds. The fourth-order valence-corrected chi connectivity index (χ4v) is 4.09. The lowest BCUT2D eigenvalue weighted by Gasteiger charge is -2.19. The van der Waals surface area contributed by atoms with E-state index in [0.29, 0.717) is 0 Å². The lowest BCUT2D eigenvalue weighted by molar-refractivity contribution is 0.0939. The van der Waals surface area contributed by atoms with Gasteiger partial charge in [-0.1, -0.05) is 85.8 Å². The first kappa shape index (κ1) is 20.8. The molecular weight excluding hydrogens is 380 g/mol. The Labute approximate surface area is 184 Å². The number of carbonyl (C=O) groups is 1. The molecule has 0 aliphatic carbocycles. The Morgan fingerprint density at radius 1 is 0.903 bits per heavy atom. The summed E-state index contributed by atoms with van der Waals surface area (Å²) in [6, 6.07) is 28.5. The number of amides is 1. The van der Waals surface area contributed by atoms with Crippen molar-refractivity contribution < 1.29 is 4.79 Å². The van der Waals surface area contributed by atoms with Crippen molar-refractivity contribution in [2.75, 3.05) is 0 Å². The highest BCUT2D eigenvalue weighted by atomic mass is 16.1. The molecule has 0 fully saturated rings. The van der Waals surface area contributed by atoms with Crippen molar-refractivity contribution in [1.29, 1.82) is 0 Å². The Bertz CT molecular complexity index is 1170. The average molecular weight is 409 g/mol. The van der Waals surface area contributed by atoms with E-state index in [1.807, 2.05) is 48.5 Å². The van der Waals surface area contributed by atoms with Crippen molar-refractivity contribution in [1.82, 2.24) is 10.3 Å². The Morgan fingerprint density at radius 3 is 2.26 bits per heavy atom. The second-order valence-electron chi connectivity index (χ2n) is 7.95. The minimum Gasteiger partial charge on any atom is -0.350 e. The summed E-state index contributed by atoms with van der Waals surface area (Å²) >= 11 is 0. The molecule has 3 heteroatoms. The first-order valence-electron chi connectivity index (χ1n) is 11.0. The van der Waals surface area contributed by atoms with Gasteiger partial charge >= 0.3 is 0 Å². The van der Waals surface area contributed by atoms with E-state index in [1.54, 1.807) is 0 Å². The van der Waals surface area contributed by atoms with E-state index in [4.69, 9.17) is 4.98 Å². The molecule has 0 aliphatic heterocycles. The van der Waals surface area contributed by atoms with Gasteiger partial charge in [0.2, 0.25) is 0 Å². The van der Waals surface area contributed by atoms with Gasteiger partial charge < -0.3 is 5.32 Å². The molecule has 3 nitrogen and oxygen atoms in total. The molecule has 31 heavy (non-hydrogen) atoms. The van der Waals surface area contributed by atoms with Gasteiger partial charge in [-0.3, -0.25) is 4.79 Å². The van der Waals surface area contributed by atoms with Gasteiger partial charge in [-0.15, -0.1) is 0 Å². The number of para-hydroxylation sites is 1. The van der Waals surface area contributed by atoms with Crippen LogP contribution in [0, 0.1) is 0 Å². The summed E-state index contributed by atoms with van der Waals surface area (Å²) in [6.45, 7) is 4.17. The number of pyridine rings is 1. The monoisotopic (exact) mass is 408 g/mol. The lowest BCUT2D eigenvalue weighted by Crippen LogP contribution is -2.34. The van der Waals surface area contributed by atoms with Crippen LogP contribution in [0.4, 0.5) is 0 Å². The minimum atomic E-state index is -0.0202. The van der Waals surface area contributed by atoms with E-state index in [1.165, 1.54) is 5.56 Å². The topological polar surface area (TPSA) is 42.0 Å². The SMILES string of the molecule is CCc1c(-c2ccccc2)nc2ccccc2c1C(=O)N[C@H](C)CCc1ccccc1. The van der Waals surface area contributed by atoms with Crippen LogP contribution in [-0.2, 0) is 12.8 Å². The van der Waals surface area contributed by atoms with Gasteiger partial charge in [0.1, 0.15) is 0 Å². The molecule has 4 aromatic rings. The molecule has 1 heterocycles. The maximum absolute atomic E-state index is 13.5. The summed E-state index contributed by atoms with van der Waals surface area (Å²) in [5.41, 5.74) is 5.82. The molecule has 1 N–H and O–H groups in total. The van der Waals surface area contributed by atoms with Gasteiger partial charge in [0, 0.05) is 17.0 Å². The standard InChI is InChI=1S/C28H28N2O/c1-3-23-26(28(31)29-20(2)18-19-21-12-6-4-7-13-21)24-16-10-11-17-25(24)30-27(23)22-14-8-5-9-15-22/h4-17,20H,3,18-19H2,1-2H3,(H,29,31)/t20-/m1/s1. The van der Waals surface area contributed by atoms with E-state index >= 15 is 0 Å². The molecular formula is C28H28N2O. The second-order valence-corrected chi connectivity index (χ2v) is 7.95. The molecule has 0 aliphatic rings. The number of fused-ring (bicyclic) bond motifs is 1. The zero-order chi connectivity index (χ0) is 21.6. The Hall–Kier alpha value is -3.46. The number of hydrogen-bond donors (Lipinski definition) is 1. The van der Waals surface area contributed by atoms with Crippen LogP contribution < -0.4 is 5.32 Å². The predicted octanol–water partition coefficient (Wildman–Crippen LogP) is 6.22. The number of hydrogen-bond acceptors (Lipinski definition) is 2. The summed E-state index contributed by atoms with van der Waals surface area (Å²) in [5.74, 6) is -0.0202. The lowest BCUT2D eigenvalue weighted by atomic mass is 9.94. The zero-order valence-corrected chi connectivity index (χ0v) is 18.1. The van der Waals surface area contributed by atoms with Crippen molar-refractivity contribution in [3.05, 3.63) is 102 Å². The molecule has 1 aromatic heterocycles. The number of benzene rings is 3. The van der Waals surface area contributed by atoms with Gasteiger partial charge in [-0.05, 0) is 43.4 Å². The van der Waals surface area contributed by atoms with Crippen molar-refractivity contribution in [3.63, 3.8) is 0 Å². The van der Waals surface area contributed by atoms with Crippen LogP contribution in [0.3, 0.4) is 0 Å². The molecule has 0 unspecified atom stereocenters. The number of aromatic nitrogens is 1. The Kier molecular flexibility index (Phi) is 6.42. The Morgan fingerprint density at radius 2 is 1.55 bits per heavy atom. The highest BCUT2D eigenvalue weighted by molar-refractivity contribution is 6.09. The number of nitrogens with one attached hydrogen (secondary N) is 1. The van der Waals surface area contributed by atoms with Gasteiger partial charge in [-0.2, -0.15) is 0 Å². The highest BCUT2D eigenvalue weighted by Gasteiger charge is 2.21. The Balaban J connectivity index is 1.67. The van der Waals surface area contributed by atoms with E-state index in [9.17, 15) is 4.79 Å². The zero-order valence-electron chi connectivity index (χ0n) is 18.1. The van der Waals surface area contributed by atoms with Crippen LogP contribution in [0.15, 0.2) is 84.9 Å². The average Bonchev–Trinajstić information content (AvgIpc) is 2.82.